The average Bonchev–Trinajstić information content (AvgIpc) is 2.52. The number of rotatable bonds is 2. The lowest BCUT2D eigenvalue weighted by molar-refractivity contribution is 0.00529. The van der Waals surface area contributed by atoms with Crippen molar-refractivity contribution in [2.24, 2.45) is 10.7 Å². The van der Waals surface area contributed by atoms with Crippen LogP contribution in [-0.4, -0.2) is 41.6 Å². The molecular formula is C16H20N4O. The second kappa shape index (κ2) is 6.10. The molecule has 2 heterocycles. The van der Waals surface area contributed by atoms with E-state index in [9.17, 15) is 0 Å². The number of aliphatic imine (C=N–C) groups is 1. The lowest BCUT2D eigenvalue weighted by Crippen LogP contribution is -2.47. The summed E-state index contributed by atoms with van der Waals surface area (Å²) in [7, 11) is 0. The van der Waals surface area contributed by atoms with Gasteiger partial charge in [0.15, 0.2) is 5.96 Å². The third-order valence-corrected chi connectivity index (χ3v) is 3.66. The van der Waals surface area contributed by atoms with Crippen LogP contribution in [0.5, 0.6) is 0 Å². The number of benzene rings is 1. The fourth-order valence-corrected chi connectivity index (χ4v) is 2.52. The van der Waals surface area contributed by atoms with Crippen LogP contribution >= 0.6 is 0 Å². The summed E-state index contributed by atoms with van der Waals surface area (Å²) in [5.74, 6) is 0.594. The van der Waals surface area contributed by atoms with Gasteiger partial charge in [-0.25, -0.2) is 4.99 Å². The first-order valence-corrected chi connectivity index (χ1v) is 7.22. The molecule has 5 nitrogen and oxygen atoms in total. The normalized spacial score (nSPS) is 20.0. The maximum atomic E-state index is 6.08. The van der Waals surface area contributed by atoms with E-state index in [0.717, 1.165) is 29.6 Å². The molecule has 0 amide bonds. The first kappa shape index (κ1) is 13.8. The van der Waals surface area contributed by atoms with Crippen LogP contribution in [0.15, 0.2) is 41.5 Å². The zero-order chi connectivity index (χ0) is 14.7. The number of fused-ring (bicyclic) bond motifs is 1. The topological polar surface area (TPSA) is 63.7 Å². The summed E-state index contributed by atoms with van der Waals surface area (Å²) in [6, 6.07) is 10.2. The molecule has 0 aliphatic carbocycles. The first-order chi connectivity index (χ1) is 10.2. The van der Waals surface area contributed by atoms with Crippen LogP contribution in [0, 0.1) is 0 Å². The molecule has 5 heteroatoms. The lowest BCUT2D eigenvalue weighted by Gasteiger charge is -2.31. The van der Waals surface area contributed by atoms with Crippen LogP contribution in [0.1, 0.15) is 12.5 Å². The van der Waals surface area contributed by atoms with Crippen molar-refractivity contribution >= 4 is 16.9 Å². The van der Waals surface area contributed by atoms with E-state index in [0.29, 0.717) is 19.1 Å². The second-order valence-electron chi connectivity index (χ2n) is 5.33. The predicted molar refractivity (Wildman–Crippen MR) is 84.1 cm³/mol. The quantitative estimate of drug-likeness (QED) is 0.674. The highest BCUT2D eigenvalue weighted by Crippen LogP contribution is 2.14. The third kappa shape index (κ3) is 3.31. The molecule has 2 aromatic rings. The average molecular weight is 284 g/mol. The molecule has 0 saturated carbocycles. The zero-order valence-corrected chi connectivity index (χ0v) is 12.2. The van der Waals surface area contributed by atoms with Crippen molar-refractivity contribution < 1.29 is 4.74 Å². The van der Waals surface area contributed by atoms with Gasteiger partial charge in [-0.1, -0.05) is 12.1 Å². The summed E-state index contributed by atoms with van der Waals surface area (Å²) < 4.78 is 5.51. The van der Waals surface area contributed by atoms with Gasteiger partial charge in [-0.2, -0.15) is 0 Å². The standard InChI is InChI=1S/C16H20N4O/c1-12-11-20(7-8-21-12)16(17)19-10-13-4-5-15-14(9-13)3-2-6-18-15/h2-6,9,12H,7-8,10-11H2,1H3,(H2,17,19). The number of morpholine rings is 1. The number of aromatic nitrogens is 1. The molecule has 21 heavy (non-hydrogen) atoms. The molecule has 1 aliphatic heterocycles. The number of hydrogen-bond acceptors (Lipinski definition) is 3. The van der Waals surface area contributed by atoms with Crippen LogP contribution in [-0.2, 0) is 11.3 Å². The zero-order valence-electron chi connectivity index (χ0n) is 12.2. The SMILES string of the molecule is CC1CN(C(N)=NCc2ccc3ncccc3c2)CCO1. The molecule has 1 fully saturated rings. The molecule has 1 aromatic heterocycles. The maximum Gasteiger partial charge on any atom is 0.191 e. The van der Waals surface area contributed by atoms with E-state index in [-0.39, 0.29) is 6.10 Å². The van der Waals surface area contributed by atoms with Gasteiger partial charge < -0.3 is 15.4 Å². The van der Waals surface area contributed by atoms with Crippen LogP contribution in [0.2, 0.25) is 0 Å². The van der Waals surface area contributed by atoms with Crippen LogP contribution < -0.4 is 5.73 Å². The summed E-state index contributed by atoms with van der Waals surface area (Å²) in [6.07, 6.45) is 2.01. The molecule has 1 saturated heterocycles. The molecule has 3 rings (SSSR count). The molecule has 0 radical (unpaired) electrons. The Kier molecular flexibility index (Phi) is 4.01. The van der Waals surface area contributed by atoms with E-state index >= 15 is 0 Å². The van der Waals surface area contributed by atoms with Crippen molar-refractivity contribution in [2.45, 2.75) is 19.6 Å². The van der Waals surface area contributed by atoms with Crippen molar-refractivity contribution in [3.05, 3.63) is 42.1 Å². The molecule has 1 atom stereocenters. The van der Waals surface area contributed by atoms with Gasteiger partial charge in [-0.05, 0) is 30.7 Å². The molecule has 0 bridgehead atoms. The van der Waals surface area contributed by atoms with Gasteiger partial charge in [0.1, 0.15) is 0 Å². The molecule has 1 aliphatic rings. The Bertz CT molecular complexity index is 656. The number of hydrogen-bond donors (Lipinski definition) is 1. The van der Waals surface area contributed by atoms with Crippen LogP contribution in [0.4, 0.5) is 0 Å². The van der Waals surface area contributed by atoms with Gasteiger partial charge in [0, 0.05) is 24.7 Å². The van der Waals surface area contributed by atoms with E-state index in [1.165, 1.54) is 0 Å². The molecule has 1 aromatic carbocycles. The van der Waals surface area contributed by atoms with Crippen molar-refractivity contribution in [2.75, 3.05) is 19.7 Å². The summed E-state index contributed by atoms with van der Waals surface area (Å²) in [6.45, 7) is 4.95. The Morgan fingerprint density at radius 2 is 2.38 bits per heavy atom. The largest absolute Gasteiger partial charge is 0.375 e. The Morgan fingerprint density at radius 3 is 3.24 bits per heavy atom. The Balaban J connectivity index is 1.71. The van der Waals surface area contributed by atoms with Gasteiger partial charge in [0.25, 0.3) is 0 Å². The summed E-state index contributed by atoms with van der Waals surface area (Å²) in [5, 5.41) is 1.13. The molecular weight excluding hydrogens is 264 g/mol. The second-order valence-corrected chi connectivity index (χ2v) is 5.33. The van der Waals surface area contributed by atoms with Crippen molar-refractivity contribution in [3.63, 3.8) is 0 Å². The van der Waals surface area contributed by atoms with Gasteiger partial charge in [0.2, 0.25) is 0 Å². The minimum absolute atomic E-state index is 0.208. The first-order valence-electron chi connectivity index (χ1n) is 7.22. The third-order valence-electron chi connectivity index (χ3n) is 3.66. The monoisotopic (exact) mass is 284 g/mol. The summed E-state index contributed by atoms with van der Waals surface area (Å²) in [5.41, 5.74) is 8.22. The van der Waals surface area contributed by atoms with E-state index < -0.39 is 0 Å². The molecule has 1 unspecified atom stereocenters. The van der Waals surface area contributed by atoms with Crippen molar-refractivity contribution in [1.29, 1.82) is 0 Å². The lowest BCUT2D eigenvalue weighted by atomic mass is 10.1. The fourth-order valence-electron chi connectivity index (χ4n) is 2.52. The van der Waals surface area contributed by atoms with Crippen molar-refractivity contribution in [3.8, 4) is 0 Å². The van der Waals surface area contributed by atoms with E-state index in [1.54, 1.807) is 6.20 Å². The summed E-state index contributed by atoms with van der Waals surface area (Å²) in [4.78, 5) is 10.9. The number of ether oxygens (including phenoxy) is 1. The Hall–Kier alpha value is -2.14. The number of nitrogens with two attached hydrogens (primary N) is 1. The van der Waals surface area contributed by atoms with Gasteiger partial charge in [-0.3, -0.25) is 4.98 Å². The predicted octanol–water partition coefficient (Wildman–Crippen LogP) is 1.77. The smallest absolute Gasteiger partial charge is 0.191 e. The van der Waals surface area contributed by atoms with Gasteiger partial charge >= 0.3 is 0 Å². The van der Waals surface area contributed by atoms with E-state index in [4.69, 9.17) is 10.5 Å². The molecule has 2 N–H and O–H groups in total. The number of nitrogens with zero attached hydrogens (tertiary/aromatic N) is 3. The minimum Gasteiger partial charge on any atom is -0.375 e. The van der Waals surface area contributed by atoms with E-state index in [1.807, 2.05) is 18.2 Å². The summed E-state index contributed by atoms with van der Waals surface area (Å²) >= 11 is 0. The van der Waals surface area contributed by atoms with Crippen LogP contribution in [0.25, 0.3) is 10.9 Å². The molecule has 110 valence electrons. The van der Waals surface area contributed by atoms with Crippen molar-refractivity contribution in [1.82, 2.24) is 9.88 Å². The highest BCUT2D eigenvalue weighted by molar-refractivity contribution is 5.80. The molecule has 0 spiro atoms. The van der Waals surface area contributed by atoms with Gasteiger partial charge in [0.05, 0.1) is 24.8 Å². The Morgan fingerprint density at radius 1 is 1.48 bits per heavy atom. The number of pyridine rings is 1. The Labute approximate surface area is 124 Å². The van der Waals surface area contributed by atoms with Gasteiger partial charge in [-0.15, -0.1) is 0 Å². The minimum atomic E-state index is 0.208. The van der Waals surface area contributed by atoms with E-state index in [2.05, 4.69) is 33.9 Å². The fraction of sp³-hybridized carbons (Fsp3) is 0.375. The highest BCUT2D eigenvalue weighted by Gasteiger charge is 2.17. The number of guanidine groups is 1. The van der Waals surface area contributed by atoms with Crippen LogP contribution in [0.3, 0.4) is 0 Å². The maximum absolute atomic E-state index is 6.08. The highest BCUT2D eigenvalue weighted by atomic mass is 16.5.